The zero-order valence-electron chi connectivity index (χ0n) is 14.7. The summed E-state index contributed by atoms with van der Waals surface area (Å²) < 4.78 is 46.6. The van der Waals surface area contributed by atoms with Gasteiger partial charge in [-0.3, -0.25) is 9.20 Å². The maximum atomic E-state index is 13.4. The third kappa shape index (κ3) is 3.53. The molecule has 0 saturated carbocycles. The highest BCUT2D eigenvalue weighted by atomic mass is 19.4. The fourth-order valence-corrected chi connectivity index (χ4v) is 3.18. The van der Waals surface area contributed by atoms with Crippen molar-refractivity contribution in [3.63, 3.8) is 0 Å². The Morgan fingerprint density at radius 1 is 1.07 bits per heavy atom. The second-order valence-electron chi connectivity index (χ2n) is 6.34. The van der Waals surface area contributed by atoms with Crippen molar-refractivity contribution in [1.82, 2.24) is 9.38 Å². The number of morpholine rings is 1. The number of pyridine rings is 1. The lowest BCUT2D eigenvalue weighted by molar-refractivity contribution is -0.141. The largest absolute Gasteiger partial charge is 0.435 e. The number of ether oxygens (including phenoxy) is 1. The van der Waals surface area contributed by atoms with Crippen molar-refractivity contribution < 1.29 is 22.7 Å². The van der Waals surface area contributed by atoms with E-state index in [1.165, 1.54) is 12.3 Å². The zero-order valence-corrected chi connectivity index (χ0v) is 14.7. The number of hydrogen-bond donors (Lipinski definition) is 1. The summed E-state index contributed by atoms with van der Waals surface area (Å²) in [6.45, 7) is 2.82. The van der Waals surface area contributed by atoms with Gasteiger partial charge < -0.3 is 15.0 Å². The van der Waals surface area contributed by atoms with Crippen molar-refractivity contribution in [3.05, 3.63) is 60.0 Å². The van der Waals surface area contributed by atoms with Crippen molar-refractivity contribution in [3.8, 4) is 0 Å². The van der Waals surface area contributed by atoms with Gasteiger partial charge in [0.05, 0.1) is 13.2 Å². The molecule has 2 aromatic heterocycles. The number of benzene rings is 1. The molecule has 0 unspecified atom stereocenters. The first-order valence-electron chi connectivity index (χ1n) is 8.72. The van der Waals surface area contributed by atoms with Crippen LogP contribution in [0.2, 0.25) is 0 Å². The maximum absolute atomic E-state index is 13.4. The van der Waals surface area contributed by atoms with E-state index in [2.05, 4.69) is 15.2 Å². The third-order valence-electron chi connectivity index (χ3n) is 4.51. The first-order chi connectivity index (χ1) is 13.4. The quantitative estimate of drug-likeness (QED) is 0.744. The van der Waals surface area contributed by atoms with Crippen LogP contribution in [-0.4, -0.2) is 41.6 Å². The molecule has 0 radical (unpaired) electrons. The number of halogens is 3. The average Bonchev–Trinajstić information content (AvgIpc) is 3.09. The summed E-state index contributed by atoms with van der Waals surface area (Å²) in [6, 6.07) is 11.5. The van der Waals surface area contributed by atoms with Crippen LogP contribution in [0.3, 0.4) is 0 Å². The first-order valence-corrected chi connectivity index (χ1v) is 8.72. The highest BCUT2D eigenvalue weighted by Crippen LogP contribution is 2.32. The Labute approximate surface area is 158 Å². The number of nitrogens with one attached hydrogen (secondary N) is 1. The molecule has 1 aliphatic heterocycles. The molecule has 146 valence electrons. The van der Waals surface area contributed by atoms with Gasteiger partial charge in [0.15, 0.2) is 5.69 Å². The predicted octanol–water partition coefficient (Wildman–Crippen LogP) is 3.44. The van der Waals surface area contributed by atoms with E-state index in [1.807, 2.05) is 12.1 Å². The van der Waals surface area contributed by atoms with Crippen LogP contribution in [0.1, 0.15) is 16.2 Å². The van der Waals surface area contributed by atoms with E-state index in [4.69, 9.17) is 4.74 Å². The van der Waals surface area contributed by atoms with Crippen LogP contribution in [0, 0.1) is 0 Å². The summed E-state index contributed by atoms with van der Waals surface area (Å²) in [6.07, 6.45) is -3.35. The van der Waals surface area contributed by atoms with Gasteiger partial charge in [0, 0.05) is 30.7 Å². The second kappa shape index (κ2) is 7.16. The van der Waals surface area contributed by atoms with Gasteiger partial charge in [-0.1, -0.05) is 6.07 Å². The Morgan fingerprint density at radius 2 is 1.79 bits per heavy atom. The number of carbonyl (C=O) groups excluding carboxylic acids is 1. The maximum Gasteiger partial charge on any atom is 0.435 e. The smallest absolute Gasteiger partial charge is 0.378 e. The number of amides is 1. The highest BCUT2D eigenvalue weighted by molar-refractivity contribution is 6.04. The molecule has 0 bridgehead atoms. The van der Waals surface area contributed by atoms with E-state index in [9.17, 15) is 18.0 Å². The summed E-state index contributed by atoms with van der Waals surface area (Å²) in [5.74, 6) is -0.870. The number of hydrogen-bond acceptors (Lipinski definition) is 4. The normalized spacial score (nSPS) is 15.0. The fraction of sp³-hybridized carbons (Fsp3) is 0.263. The number of aromatic nitrogens is 2. The Kier molecular flexibility index (Phi) is 4.68. The third-order valence-corrected chi connectivity index (χ3v) is 4.51. The standard InChI is InChI=1S/C19H17F3N4O2/c20-19(21,22)17-16(26-8-2-1-3-15(26)24-17)18(27)23-13-4-6-14(7-5-13)25-9-11-28-12-10-25/h1-8H,9-12H2,(H,23,27). The van der Waals surface area contributed by atoms with Crippen molar-refractivity contribution in [1.29, 1.82) is 0 Å². The minimum absolute atomic E-state index is 0.0580. The van der Waals surface area contributed by atoms with Gasteiger partial charge in [-0.25, -0.2) is 4.98 Å². The molecule has 1 aromatic carbocycles. The second-order valence-corrected chi connectivity index (χ2v) is 6.34. The van der Waals surface area contributed by atoms with Crippen LogP contribution < -0.4 is 10.2 Å². The molecule has 1 aliphatic rings. The fourth-order valence-electron chi connectivity index (χ4n) is 3.18. The van der Waals surface area contributed by atoms with Gasteiger partial charge in [0.2, 0.25) is 0 Å². The van der Waals surface area contributed by atoms with Gasteiger partial charge >= 0.3 is 6.18 Å². The number of rotatable bonds is 3. The van der Waals surface area contributed by atoms with E-state index < -0.39 is 23.5 Å². The number of alkyl halides is 3. The average molecular weight is 390 g/mol. The molecular weight excluding hydrogens is 373 g/mol. The van der Waals surface area contributed by atoms with Crippen LogP contribution in [-0.2, 0) is 10.9 Å². The minimum atomic E-state index is -4.74. The predicted molar refractivity (Wildman–Crippen MR) is 97.6 cm³/mol. The Bertz CT molecular complexity index is 993. The lowest BCUT2D eigenvalue weighted by atomic mass is 10.2. The summed E-state index contributed by atoms with van der Waals surface area (Å²) in [5, 5.41) is 2.54. The topological polar surface area (TPSA) is 58.9 Å². The number of nitrogens with zero attached hydrogens (tertiary/aromatic N) is 3. The van der Waals surface area contributed by atoms with Gasteiger partial charge in [0.1, 0.15) is 11.3 Å². The Hall–Kier alpha value is -3.07. The van der Waals surface area contributed by atoms with E-state index >= 15 is 0 Å². The summed E-state index contributed by atoms with van der Waals surface area (Å²) in [7, 11) is 0. The number of fused-ring (bicyclic) bond motifs is 1. The van der Waals surface area contributed by atoms with Gasteiger partial charge in [-0.2, -0.15) is 13.2 Å². The van der Waals surface area contributed by atoms with Crippen LogP contribution in [0.25, 0.3) is 5.65 Å². The molecule has 1 amide bonds. The molecule has 1 saturated heterocycles. The molecular formula is C19H17F3N4O2. The molecule has 1 fully saturated rings. The molecule has 6 nitrogen and oxygen atoms in total. The van der Waals surface area contributed by atoms with E-state index in [0.717, 1.165) is 23.2 Å². The van der Waals surface area contributed by atoms with Crippen LogP contribution in [0.4, 0.5) is 24.5 Å². The summed E-state index contributed by atoms with van der Waals surface area (Å²) in [5.41, 5.74) is -0.322. The lowest BCUT2D eigenvalue weighted by Crippen LogP contribution is -2.36. The minimum Gasteiger partial charge on any atom is -0.378 e. The number of carbonyl (C=O) groups is 1. The number of imidazole rings is 1. The molecule has 0 spiro atoms. The molecule has 3 heterocycles. The van der Waals surface area contributed by atoms with E-state index in [-0.39, 0.29) is 5.65 Å². The van der Waals surface area contributed by atoms with E-state index in [1.54, 1.807) is 24.3 Å². The molecule has 1 N–H and O–H groups in total. The molecule has 28 heavy (non-hydrogen) atoms. The Morgan fingerprint density at radius 3 is 2.46 bits per heavy atom. The van der Waals surface area contributed by atoms with E-state index in [0.29, 0.717) is 18.9 Å². The SMILES string of the molecule is O=C(Nc1ccc(N2CCOCC2)cc1)c1c(C(F)(F)F)nc2ccccn12. The van der Waals surface area contributed by atoms with Crippen LogP contribution >= 0.6 is 0 Å². The zero-order chi connectivity index (χ0) is 19.7. The monoisotopic (exact) mass is 390 g/mol. The number of anilines is 2. The summed E-state index contributed by atoms with van der Waals surface area (Å²) in [4.78, 5) is 18.4. The van der Waals surface area contributed by atoms with Crippen LogP contribution in [0.15, 0.2) is 48.7 Å². The lowest BCUT2D eigenvalue weighted by Gasteiger charge is -2.28. The molecule has 4 rings (SSSR count). The Balaban J connectivity index is 1.60. The molecule has 3 aromatic rings. The van der Waals surface area contributed by atoms with Crippen molar-refractivity contribution >= 4 is 22.9 Å². The van der Waals surface area contributed by atoms with Crippen molar-refractivity contribution in [2.75, 3.05) is 36.5 Å². The highest BCUT2D eigenvalue weighted by Gasteiger charge is 2.40. The van der Waals surface area contributed by atoms with Crippen molar-refractivity contribution in [2.24, 2.45) is 0 Å². The van der Waals surface area contributed by atoms with Gasteiger partial charge in [-0.15, -0.1) is 0 Å². The molecule has 9 heteroatoms. The van der Waals surface area contributed by atoms with Gasteiger partial charge in [0.25, 0.3) is 5.91 Å². The van der Waals surface area contributed by atoms with Crippen molar-refractivity contribution in [2.45, 2.75) is 6.18 Å². The van der Waals surface area contributed by atoms with Crippen LogP contribution in [0.5, 0.6) is 0 Å². The molecule has 0 aliphatic carbocycles. The summed E-state index contributed by atoms with van der Waals surface area (Å²) >= 11 is 0. The van der Waals surface area contributed by atoms with Gasteiger partial charge in [-0.05, 0) is 36.4 Å². The first kappa shape index (κ1) is 18.3. The molecule has 0 atom stereocenters.